The summed E-state index contributed by atoms with van der Waals surface area (Å²) in [5.74, 6) is 0. The average molecular weight is 322 g/mol. The molecule has 2 rings (SSSR count). The second-order valence-corrected chi connectivity index (χ2v) is 7.24. The predicted octanol–water partition coefficient (Wildman–Crippen LogP) is 1.22. The SMILES string of the molecule is COn1cc(C(C)(C)COCCn2cc(C(C)(C)C)nn2)nn1. The van der Waals surface area contributed by atoms with Crippen LogP contribution in [0.5, 0.6) is 0 Å². The van der Waals surface area contributed by atoms with Crippen LogP contribution in [0.25, 0.3) is 0 Å². The van der Waals surface area contributed by atoms with Crippen molar-refractivity contribution in [1.29, 1.82) is 0 Å². The minimum absolute atomic E-state index is 0.00821. The summed E-state index contributed by atoms with van der Waals surface area (Å²) in [5, 5.41) is 16.3. The Bertz CT molecular complexity index is 626. The van der Waals surface area contributed by atoms with Gasteiger partial charge in [-0.2, -0.15) is 0 Å². The number of nitrogens with zero attached hydrogens (tertiary/aromatic N) is 6. The van der Waals surface area contributed by atoms with Gasteiger partial charge >= 0.3 is 0 Å². The van der Waals surface area contributed by atoms with Gasteiger partial charge in [0.05, 0.1) is 37.3 Å². The molecule has 0 spiro atoms. The third-order valence-corrected chi connectivity index (χ3v) is 3.59. The van der Waals surface area contributed by atoms with Gasteiger partial charge in [0.2, 0.25) is 0 Å². The van der Waals surface area contributed by atoms with E-state index in [2.05, 4.69) is 55.2 Å². The Morgan fingerprint density at radius 3 is 2.26 bits per heavy atom. The maximum atomic E-state index is 5.79. The van der Waals surface area contributed by atoms with Crippen LogP contribution in [0.2, 0.25) is 0 Å². The van der Waals surface area contributed by atoms with E-state index in [1.54, 1.807) is 13.3 Å². The highest BCUT2D eigenvalue weighted by Gasteiger charge is 2.25. The van der Waals surface area contributed by atoms with Crippen molar-refractivity contribution in [2.75, 3.05) is 20.3 Å². The first-order chi connectivity index (χ1) is 10.7. The summed E-state index contributed by atoms with van der Waals surface area (Å²) in [7, 11) is 1.55. The highest BCUT2D eigenvalue weighted by molar-refractivity contribution is 5.08. The van der Waals surface area contributed by atoms with E-state index in [1.807, 2.05) is 10.9 Å². The lowest BCUT2D eigenvalue weighted by molar-refractivity contribution is 0.0849. The van der Waals surface area contributed by atoms with Crippen LogP contribution >= 0.6 is 0 Å². The monoisotopic (exact) mass is 322 g/mol. The Balaban J connectivity index is 1.81. The van der Waals surface area contributed by atoms with Crippen molar-refractivity contribution in [3.63, 3.8) is 0 Å². The van der Waals surface area contributed by atoms with E-state index in [4.69, 9.17) is 9.57 Å². The van der Waals surface area contributed by atoms with E-state index < -0.39 is 0 Å². The Morgan fingerprint density at radius 2 is 1.70 bits per heavy atom. The summed E-state index contributed by atoms with van der Waals surface area (Å²) in [6, 6.07) is 0. The second kappa shape index (κ2) is 6.66. The van der Waals surface area contributed by atoms with Gasteiger partial charge in [0.25, 0.3) is 0 Å². The fourth-order valence-electron chi connectivity index (χ4n) is 1.96. The van der Waals surface area contributed by atoms with Crippen molar-refractivity contribution in [2.45, 2.75) is 52.0 Å². The zero-order valence-electron chi connectivity index (χ0n) is 14.8. The first-order valence-corrected chi connectivity index (χ1v) is 7.68. The number of ether oxygens (including phenoxy) is 1. The molecule has 8 heteroatoms. The summed E-state index contributed by atoms with van der Waals surface area (Å²) in [4.78, 5) is 6.32. The Hall–Kier alpha value is -1.96. The van der Waals surface area contributed by atoms with E-state index in [0.717, 1.165) is 11.4 Å². The van der Waals surface area contributed by atoms with Crippen LogP contribution in [0.15, 0.2) is 12.4 Å². The van der Waals surface area contributed by atoms with Gasteiger partial charge in [0, 0.05) is 17.0 Å². The minimum atomic E-state index is -0.240. The molecule has 0 saturated heterocycles. The number of rotatable bonds is 7. The summed E-state index contributed by atoms with van der Waals surface area (Å²) in [5.41, 5.74) is 1.58. The molecule has 2 aromatic heterocycles. The van der Waals surface area contributed by atoms with Crippen molar-refractivity contribution in [3.05, 3.63) is 23.8 Å². The summed E-state index contributed by atoms with van der Waals surface area (Å²) in [6.45, 7) is 12.2. The van der Waals surface area contributed by atoms with E-state index in [9.17, 15) is 0 Å². The smallest absolute Gasteiger partial charge is 0.106 e. The van der Waals surface area contributed by atoms with Gasteiger partial charge in [0.1, 0.15) is 7.11 Å². The molecule has 0 amide bonds. The summed E-state index contributed by atoms with van der Waals surface area (Å²) in [6.07, 6.45) is 3.73. The molecule has 8 nitrogen and oxygen atoms in total. The van der Waals surface area contributed by atoms with Gasteiger partial charge in [-0.15, -0.1) is 10.2 Å². The molecule has 0 aliphatic carbocycles. The second-order valence-electron chi connectivity index (χ2n) is 7.24. The van der Waals surface area contributed by atoms with E-state index in [1.165, 1.54) is 4.85 Å². The van der Waals surface area contributed by atoms with Crippen LogP contribution < -0.4 is 4.84 Å². The number of hydrogen-bond acceptors (Lipinski definition) is 6. The van der Waals surface area contributed by atoms with Crippen LogP contribution in [0.1, 0.15) is 46.0 Å². The molecule has 0 saturated carbocycles. The first-order valence-electron chi connectivity index (χ1n) is 7.68. The third kappa shape index (κ3) is 4.51. The fraction of sp³-hybridized carbons (Fsp3) is 0.733. The summed E-state index contributed by atoms with van der Waals surface area (Å²) < 4.78 is 7.60. The van der Waals surface area contributed by atoms with Crippen LogP contribution in [-0.2, 0) is 22.1 Å². The molecule has 0 fully saturated rings. The lowest BCUT2D eigenvalue weighted by Gasteiger charge is -2.21. The normalized spacial score (nSPS) is 12.6. The molecule has 2 heterocycles. The van der Waals surface area contributed by atoms with Gasteiger partial charge in [0.15, 0.2) is 0 Å². The molecule has 128 valence electrons. The minimum Gasteiger partial charge on any atom is -0.399 e. The average Bonchev–Trinajstić information content (AvgIpc) is 3.12. The van der Waals surface area contributed by atoms with Gasteiger partial charge in [-0.3, -0.25) is 0 Å². The fourth-order valence-corrected chi connectivity index (χ4v) is 1.96. The van der Waals surface area contributed by atoms with E-state index in [0.29, 0.717) is 19.8 Å². The van der Waals surface area contributed by atoms with Gasteiger partial charge < -0.3 is 9.57 Å². The zero-order valence-corrected chi connectivity index (χ0v) is 14.8. The lowest BCUT2D eigenvalue weighted by Crippen LogP contribution is -2.26. The Morgan fingerprint density at radius 1 is 1.00 bits per heavy atom. The lowest BCUT2D eigenvalue weighted by atomic mass is 9.91. The predicted molar refractivity (Wildman–Crippen MR) is 85.1 cm³/mol. The van der Waals surface area contributed by atoms with E-state index >= 15 is 0 Å². The zero-order chi connectivity index (χ0) is 17.1. The molecular formula is C15H26N6O2. The van der Waals surface area contributed by atoms with Crippen LogP contribution in [0.3, 0.4) is 0 Å². The number of hydrogen-bond donors (Lipinski definition) is 0. The quantitative estimate of drug-likeness (QED) is 0.713. The molecule has 0 aliphatic rings. The van der Waals surface area contributed by atoms with Crippen molar-refractivity contribution in [1.82, 2.24) is 30.2 Å². The molecule has 0 aliphatic heterocycles. The highest BCUT2D eigenvalue weighted by atomic mass is 16.7. The molecule has 0 bridgehead atoms. The summed E-state index contributed by atoms with van der Waals surface area (Å²) >= 11 is 0. The van der Waals surface area contributed by atoms with Gasteiger partial charge in [-0.1, -0.05) is 44.7 Å². The molecular weight excluding hydrogens is 296 g/mol. The molecule has 0 aromatic carbocycles. The molecule has 2 aromatic rings. The van der Waals surface area contributed by atoms with Crippen LogP contribution in [-0.4, -0.2) is 50.5 Å². The van der Waals surface area contributed by atoms with Crippen LogP contribution in [0, 0.1) is 0 Å². The maximum Gasteiger partial charge on any atom is 0.106 e. The van der Waals surface area contributed by atoms with Crippen LogP contribution in [0.4, 0.5) is 0 Å². The molecule has 0 radical (unpaired) electrons. The topological polar surface area (TPSA) is 79.9 Å². The Labute approximate surface area is 136 Å². The highest BCUT2D eigenvalue weighted by Crippen LogP contribution is 2.21. The van der Waals surface area contributed by atoms with Gasteiger partial charge in [-0.05, 0) is 5.21 Å². The molecule has 0 N–H and O–H groups in total. The largest absolute Gasteiger partial charge is 0.399 e. The van der Waals surface area contributed by atoms with E-state index in [-0.39, 0.29) is 10.8 Å². The molecule has 23 heavy (non-hydrogen) atoms. The molecule has 0 atom stereocenters. The first kappa shape index (κ1) is 17.4. The van der Waals surface area contributed by atoms with Crippen molar-refractivity contribution in [3.8, 4) is 0 Å². The third-order valence-electron chi connectivity index (χ3n) is 3.59. The van der Waals surface area contributed by atoms with Crippen molar-refractivity contribution in [2.24, 2.45) is 0 Å². The maximum absolute atomic E-state index is 5.79. The number of aromatic nitrogens is 6. The van der Waals surface area contributed by atoms with Gasteiger partial charge in [-0.25, -0.2) is 4.68 Å². The standard InChI is InChI=1S/C15H26N6O2/c1-14(2,3)12-9-20(18-16-12)7-8-23-11-15(4,5)13-10-21(22-6)19-17-13/h9-10H,7-8,11H2,1-6H3. The van der Waals surface area contributed by atoms with Crippen molar-refractivity contribution < 1.29 is 9.57 Å². The molecule has 0 unspecified atom stereocenters. The van der Waals surface area contributed by atoms with Crippen molar-refractivity contribution >= 4 is 0 Å². The Kier molecular flexibility index (Phi) is 5.03.